The number of unbranched alkanes of at least 4 members (excludes halogenated alkanes) is 1. The monoisotopic (exact) mass is 270 g/mol. The second-order valence-electron chi connectivity index (χ2n) is 3.89. The average molecular weight is 270 g/mol. The Balaban J connectivity index is 3.06. The van der Waals surface area contributed by atoms with Gasteiger partial charge >= 0.3 is 0 Å². The zero-order valence-electron chi connectivity index (χ0n) is 11.0. The summed E-state index contributed by atoms with van der Waals surface area (Å²) in [5.41, 5.74) is -0.0646. The molecule has 0 saturated heterocycles. The van der Waals surface area contributed by atoms with E-state index >= 15 is 0 Å². The summed E-state index contributed by atoms with van der Waals surface area (Å²) in [7, 11) is 0.667. The fourth-order valence-electron chi connectivity index (χ4n) is 1.67. The summed E-state index contributed by atoms with van der Waals surface area (Å²) in [5, 5.41) is 0. The molecule has 0 spiro atoms. The van der Waals surface area contributed by atoms with Crippen LogP contribution in [0, 0.1) is 0 Å². The van der Waals surface area contributed by atoms with E-state index in [0.29, 0.717) is 23.2 Å². The second kappa shape index (κ2) is 7.22. The van der Waals surface area contributed by atoms with Crippen LogP contribution in [-0.2, 0) is 4.57 Å². The molecule has 100 valence electrons. The van der Waals surface area contributed by atoms with Crippen LogP contribution in [0.5, 0.6) is 11.5 Å². The molecule has 0 saturated carbocycles. The van der Waals surface area contributed by atoms with Crippen LogP contribution in [0.25, 0.3) is 0 Å². The van der Waals surface area contributed by atoms with Crippen molar-refractivity contribution in [1.29, 1.82) is 0 Å². The van der Waals surface area contributed by atoms with Crippen LogP contribution in [-0.4, -0.2) is 25.9 Å². The molecular weight excluding hydrogens is 251 g/mol. The van der Waals surface area contributed by atoms with Crippen molar-refractivity contribution in [2.75, 3.05) is 20.4 Å². The molecule has 18 heavy (non-hydrogen) atoms. The Bertz CT molecular complexity index is 420. The van der Waals surface area contributed by atoms with Gasteiger partial charge in [-0.3, -0.25) is 4.79 Å². The number of benzene rings is 1. The molecule has 0 aliphatic carbocycles. The summed E-state index contributed by atoms with van der Waals surface area (Å²) < 4.78 is 22.2. The maximum Gasteiger partial charge on any atom is 0.225 e. The summed E-state index contributed by atoms with van der Waals surface area (Å²) in [5.74, 6) is 0.823. The number of carbonyl (C=O) groups excluding carboxylic acids is 1. The van der Waals surface area contributed by atoms with Crippen molar-refractivity contribution in [3.05, 3.63) is 23.8 Å². The highest BCUT2D eigenvalue weighted by Crippen LogP contribution is 2.37. The molecule has 1 unspecified atom stereocenters. The van der Waals surface area contributed by atoms with Crippen molar-refractivity contribution >= 4 is 13.3 Å². The Morgan fingerprint density at radius 3 is 2.22 bits per heavy atom. The van der Waals surface area contributed by atoms with E-state index in [2.05, 4.69) is 0 Å². The number of methoxy groups -OCH3 is 2. The number of hydrogen-bond donors (Lipinski definition) is 0. The van der Waals surface area contributed by atoms with Crippen LogP contribution in [0.1, 0.15) is 30.1 Å². The molecule has 0 aliphatic rings. The van der Waals surface area contributed by atoms with Crippen LogP contribution in [0.4, 0.5) is 0 Å². The maximum absolute atomic E-state index is 12.2. The van der Waals surface area contributed by atoms with E-state index in [9.17, 15) is 9.36 Å². The van der Waals surface area contributed by atoms with E-state index in [-0.39, 0.29) is 5.52 Å². The molecule has 0 heterocycles. The topological polar surface area (TPSA) is 52.6 Å². The van der Waals surface area contributed by atoms with Gasteiger partial charge in [-0.2, -0.15) is 0 Å². The SMILES string of the molecule is CCCC[PH](=O)C(=O)c1c(OC)cccc1OC. The van der Waals surface area contributed by atoms with Gasteiger partial charge < -0.3 is 14.0 Å². The van der Waals surface area contributed by atoms with E-state index < -0.39 is 7.80 Å². The fraction of sp³-hybridized carbons (Fsp3) is 0.462. The lowest BCUT2D eigenvalue weighted by molar-refractivity contribution is 0.107. The molecule has 0 fully saturated rings. The summed E-state index contributed by atoms with van der Waals surface area (Å²) in [6.45, 7) is 2.00. The van der Waals surface area contributed by atoms with Crippen molar-refractivity contribution in [3.8, 4) is 11.5 Å². The van der Waals surface area contributed by atoms with Crippen molar-refractivity contribution in [2.24, 2.45) is 0 Å². The number of hydrogen-bond acceptors (Lipinski definition) is 4. The zero-order chi connectivity index (χ0) is 13.5. The molecule has 5 heteroatoms. The van der Waals surface area contributed by atoms with Gasteiger partial charge in [-0.15, -0.1) is 0 Å². The highest BCUT2D eigenvalue weighted by Gasteiger charge is 2.22. The van der Waals surface area contributed by atoms with Crippen molar-refractivity contribution < 1.29 is 18.8 Å². The third-order valence-electron chi connectivity index (χ3n) is 2.67. The molecular formula is C13H19O4P. The number of carbonyl (C=O) groups is 1. The summed E-state index contributed by atoms with van der Waals surface area (Å²) in [6, 6.07) is 5.08. The van der Waals surface area contributed by atoms with Gasteiger partial charge in [-0.1, -0.05) is 19.4 Å². The minimum Gasteiger partial charge on any atom is -0.496 e. The van der Waals surface area contributed by atoms with Crippen LogP contribution in [0.3, 0.4) is 0 Å². The molecule has 1 aromatic rings. The van der Waals surface area contributed by atoms with Gasteiger partial charge in [0.2, 0.25) is 5.52 Å². The van der Waals surface area contributed by atoms with Crippen molar-refractivity contribution in [1.82, 2.24) is 0 Å². The first-order valence-electron chi connectivity index (χ1n) is 5.94. The Morgan fingerprint density at radius 1 is 1.22 bits per heavy atom. The largest absolute Gasteiger partial charge is 0.496 e. The third-order valence-corrected chi connectivity index (χ3v) is 4.23. The number of ether oxygens (including phenoxy) is 2. The average Bonchev–Trinajstić information content (AvgIpc) is 2.42. The quantitative estimate of drug-likeness (QED) is 0.714. The van der Waals surface area contributed by atoms with E-state index in [1.54, 1.807) is 18.2 Å². The first-order valence-corrected chi connectivity index (χ1v) is 7.55. The summed E-state index contributed by atoms with van der Waals surface area (Å²) in [6.07, 6.45) is 2.16. The first kappa shape index (κ1) is 14.8. The molecule has 0 amide bonds. The molecule has 0 bridgehead atoms. The van der Waals surface area contributed by atoms with Gasteiger partial charge in [0, 0.05) is 6.16 Å². The molecule has 1 aromatic carbocycles. The third kappa shape index (κ3) is 3.36. The molecule has 1 atom stereocenters. The Morgan fingerprint density at radius 2 is 1.78 bits per heavy atom. The molecule has 0 radical (unpaired) electrons. The van der Waals surface area contributed by atoms with Gasteiger partial charge in [-0.25, -0.2) is 0 Å². The predicted octanol–water partition coefficient (Wildman–Crippen LogP) is 3.20. The predicted molar refractivity (Wildman–Crippen MR) is 72.7 cm³/mol. The smallest absolute Gasteiger partial charge is 0.225 e. The lowest BCUT2D eigenvalue weighted by Crippen LogP contribution is -2.02. The lowest BCUT2D eigenvalue weighted by Gasteiger charge is -2.11. The zero-order valence-corrected chi connectivity index (χ0v) is 12.0. The molecule has 4 nitrogen and oxygen atoms in total. The van der Waals surface area contributed by atoms with Gasteiger partial charge in [-0.05, 0) is 18.6 Å². The van der Waals surface area contributed by atoms with E-state index in [4.69, 9.17) is 9.47 Å². The van der Waals surface area contributed by atoms with Crippen LogP contribution in [0.15, 0.2) is 18.2 Å². The molecule has 0 aliphatic heterocycles. The minimum absolute atomic E-state index is 0.294. The summed E-state index contributed by atoms with van der Waals surface area (Å²) in [4.78, 5) is 12.2. The van der Waals surface area contributed by atoms with Crippen molar-refractivity contribution in [2.45, 2.75) is 19.8 Å². The lowest BCUT2D eigenvalue weighted by atomic mass is 10.2. The maximum atomic E-state index is 12.2. The van der Waals surface area contributed by atoms with Gasteiger partial charge in [0.05, 0.1) is 14.2 Å². The highest BCUT2D eigenvalue weighted by molar-refractivity contribution is 7.64. The van der Waals surface area contributed by atoms with E-state index in [0.717, 1.165) is 12.8 Å². The standard InChI is InChI=1S/C13H19O4P/c1-4-5-9-18(15)13(14)12-10(16-2)7-6-8-11(12)17-3/h6-8,18H,4-5,9H2,1-3H3. The van der Waals surface area contributed by atoms with Crippen molar-refractivity contribution in [3.63, 3.8) is 0 Å². The van der Waals surface area contributed by atoms with Crippen LogP contribution in [0.2, 0.25) is 0 Å². The Hall–Kier alpha value is -1.28. The second-order valence-corrected chi connectivity index (χ2v) is 5.69. The molecule has 0 aromatic heterocycles. The normalized spacial score (nSPS) is 11.9. The fourth-order valence-corrected chi connectivity index (χ4v) is 3.09. The Labute approximate surface area is 108 Å². The van der Waals surface area contributed by atoms with Gasteiger partial charge in [0.1, 0.15) is 24.9 Å². The summed E-state index contributed by atoms with van der Waals surface area (Å²) >= 11 is 0. The minimum atomic E-state index is -2.30. The van der Waals surface area contributed by atoms with Gasteiger partial charge in [0.25, 0.3) is 0 Å². The number of rotatable bonds is 7. The van der Waals surface area contributed by atoms with E-state index in [1.165, 1.54) is 14.2 Å². The van der Waals surface area contributed by atoms with Gasteiger partial charge in [0.15, 0.2) is 0 Å². The molecule has 1 rings (SSSR count). The van der Waals surface area contributed by atoms with Crippen LogP contribution >= 0.6 is 7.80 Å². The Kier molecular flexibility index (Phi) is 5.93. The van der Waals surface area contributed by atoms with E-state index in [1.807, 2.05) is 6.92 Å². The van der Waals surface area contributed by atoms with Crippen LogP contribution < -0.4 is 9.47 Å². The highest BCUT2D eigenvalue weighted by atomic mass is 31.1. The molecule has 0 N–H and O–H groups in total. The first-order chi connectivity index (χ1) is 8.65.